The normalized spacial score (nSPS) is 12.0. The fourth-order valence-electron chi connectivity index (χ4n) is 7.15. The van der Waals surface area contributed by atoms with Gasteiger partial charge in [-0.3, -0.25) is 9.59 Å². The van der Waals surface area contributed by atoms with Crippen LogP contribution in [0.25, 0.3) is 0 Å². The van der Waals surface area contributed by atoms with E-state index in [-0.39, 0.29) is 49.4 Å². The van der Waals surface area contributed by atoms with Gasteiger partial charge in [-0.2, -0.15) is 0 Å². The van der Waals surface area contributed by atoms with Crippen molar-refractivity contribution in [3.05, 3.63) is 189 Å². The smallest absolute Gasteiger partial charge is 0.223 e. The summed E-state index contributed by atoms with van der Waals surface area (Å²) in [6, 6.07) is 42.9. The zero-order valence-corrected chi connectivity index (χ0v) is 31.3. The first-order valence-electron chi connectivity index (χ1n) is 19.1. The molecule has 0 saturated carbocycles. The number of amides is 2. The fourth-order valence-corrected chi connectivity index (χ4v) is 7.15. The molecule has 7 rings (SSSR count). The summed E-state index contributed by atoms with van der Waals surface area (Å²) in [6.07, 6.45) is 1.88. The third-order valence-electron chi connectivity index (χ3n) is 10.1. The van der Waals surface area contributed by atoms with Gasteiger partial charge in [0.1, 0.15) is 23.0 Å². The van der Waals surface area contributed by atoms with Gasteiger partial charge >= 0.3 is 0 Å². The van der Waals surface area contributed by atoms with Crippen LogP contribution in [0.1, 0.15) is 68.5 Å². The van der Waals surface area contributed by atoms with E-state index in [1.54, 1.807) is 0 Å². The van der Waals surface area contributed by atoms with Crippen LogP contribution in [-0.2, 0) is 48.4 Å². The molecule has 6 aromatic carbocycles. The number of ether oxygens (including phenoxy) is 2. The number of benzene rings is 6. The SMILES string of the molecule is O=C(CCOc1c2cccc1Cc1cccc(c1O)Cc1cccc(c1OCCC(=O)NCc1ccccc1)Cc1cccc(c1O)C2)NCc1ccccc1. The van der Waals surface area contributed by atoms with Crippen molar-refractivity contribution in [3.63, 3.8) is 0 Å². The number of phenols is 2. The molecule has 0 aliphatic heterocycles. The molecule has 6 aromatic rings. The van der Waals surface area contributed by atoms with Crippen molar-refractivity contribution in [1.82, 2.24) is 10.6 Å². The zero-order chi connectivity index (χ0) is 38.7. The van der Waals surface area contributed by atoms with Crippen LogP contribution in [0.4, 0.5) is 0 Å². The summed E-state index contributed by atoms with van der Waals surface area (Å²) >= 11 is 0. The number of hydrogen-bond acceptors (Lipinski definition) is 6. The van der Waals surface area contributed by atoms with Gasteiger partial charge in [-0.05, 0) is 55.6 Å². The average molecular weight is 747 g/mol. The van der Waals surface area contributed by atoms with Gasteiger partial charge in [-0.15, -0.1) is 0 Å². The molecule has 0 unspecified atom stereocenters. The third-order valence-corrected chi connectivity index (χ3v) is 10.1. The lowest BCUT2D eigenvalue weighted by atomic mass is 9.91. The minimum Gasteiger partial charge on any atom is -0.507 e. The van der Waals surface area contributed by atoms with E-state index in [1.807, 2.05) is 133 Å². The van der Waals surface area contributed by atoms with E-state index in [0.717, 1.165) is 55.6 Å². The lowest BCUT2D eigenvalue weighted by Gasteiger charge is -2.20. The first kappa shape index (κ1) is 37.8. The Morgan fingerprint density at radius 2 is 0.732 bits per heavy atom. The van der Waals surface area contributed by atoms with E-state index in [0.29, 0.717) is 50.3 Å². The number of phenolic OH excluding ortho intramolecular Hbond substituents is 2. The van der Waals surface area contributed by atoms with E-state index in [4.69, 9.17) is 9.47 Å². The number of nitrogens with one attached hydrogen (secondary N) is 2. The Labute approximate surface area is 327 Å². The molecule has 1 aliphatic carbocycles. The van der Waals surface area contributed by atoms with E-state index in [9.17, 15) is 19.8 Å². The first-order valence-corrected chi connectivity index (χ1v) is 19.1. The van der Waals surface area contributed by atoms with Crippen LogP contribution < -0.4 is 20.1 Å². The van der Waals surface area contributed by atoms with E-state index >= 15 is 0 Å². The van der Waals surface area contributed by atoms with Crippen LogP contribution in [0.5, 0.6) is 23.0 Å². The van der Waals surface area contributed by atoms with Crippen molar-refractivity contribution in [2.24, 2.45) is 0 Å². The summed E-state index contributed by atoms with van der Waals surface area (Å²) in [7, 11) is 0. The third kappa shape index (κ3) is 9.57. The van der Waals surface area contributed by atoms with Crippen molar-refractivity contribution in [3.8, 4) is 23.0 Å². The van der Waals surface area contributed by atoms with Crippen LogP contribution in [0.15, 0.2) is 133 Å². The topological polar surface area (TPSA) is 117 Å². The summed E-state index contributed by atoms with van der Waals surface area (Å²) < 4.78 is 12.9. The minimum atomic E-state index is -0.115. The van der Waals surface area contributed by atoms with Gasteiger partial charge in [0.2, 0.25) is 11.8 Å². The van der Waals surface area contributed by atoms with Gasteiger partial charge in [0.15, 0.2) is 0 Å². The Balaban J connectivity index is 1.15. The monoisotopic (exact) mass is 746 g/mol. The predicted molar refractivity (Wildman–Crippen MR) is 217 cm³/mol. The second-order valence-corrected chi connectivity index (χ2v) is 14.1. The molecule has 0 saturated heterocycles. The Morgan fingerprint density at radius 3 is 1.05 bits per heavy atom. The average Bonchev–Trinajstić information content (AvgIpc) is 3.21. The molecule has 0 aromatic heterocycles. The van der Waals surface area contributed by atoms with Crippen molar-refractivity contribution < 1.29 is 29.3 Å². The van der Waals surface area contributed by atoms with Crippen molar-refractivity contribution in [1.29, 1.82) is 0 Å². The summed E-state index contributed by atoms with van der Waals surface area (Å²) in [5.41, 5.74) is 8.41. The Morgan fingerprint density at radius 1 is 0.429 bits per heavy atom. The lowest BCUT2D eigenvalue weighted by Crippen LogP contribution is -2.24. The van der Waals surface area contributed by atoms with Crippen LogP contribution in [0, 0.1) is 0 Å². The number of aromatic hydroxyl groups is 2. The van der Waals surface area contributed by atoms with Crippen LogP contribution in [-0.4, -0.2) is 35.2 Å². The lowest BCUT2D eigenvalue weighted by molar-refractivity contribution is -0.122. The van der Waals surface area contributed by atoms with Crippen molar-refractivity contribution >= 4 is 11.8 Å². The quantitative estimate of drug-likeness (QED) is 0.101. The second-order valence-electron chi connectivity index (χ2n) is 14.1. The van der Waals surface area contributed by atoms with E-state index in [1.165, 1.54) is 0 Å². The van der Waals surface area contributed by atoms with Gasteiger partial charge in [0, 0.05) is 38.8 Å². The molecular formula is C48H46N2O6. The standard InChI is InChI=1S/C48H46N2O6/c51-43(49-31-33-11-3-1-4-12-33)23-25-55-47-39-19-9-20-40(47)28-36-16-8-18-38(46(36)54)30-42-22-10-21-41(29-37-17-7-15-35(27-39)45(37)53)48(42)56-26-24-44(52)50-32-34-13-5-2-6-14-34/h1-22,53-54H,23-32H2,(H,49,51)(H,50,52). The van der Waals surface area contributed by atoms with E-state index < -0.39 is 0 Å². The molecule has 0 atom stereocenters. The molecule has 284 valence electrons. The van der Waals surface area contributed by atoms with Crippen LogP contribution in [0.3, 0.4) is 0 Å². The van der Waals surface area contributed by atoms with Crippen molar-refractivity contribution in [2.45, 2.75) is 51.6 Å². The summed E-state index contributed by atoms with van der Waals surface area (Å²) in [5, 5.41) is 29.4. The maximum Gasteiger partial charge on any atom is 0.223 e. The molecular weight excluding hydrogens is 701 g/mol. The Kier molecular flexibility index (Phi) is 12.3. The molecule has 1 aliphatic rings. The number of rotatable bonds is 12. The number of para-hydroxylation sites is 4. The Bertz CT molecular complexity index is 2040. The van der Waals surface area contributed by atoms with Gasteiger partial charge < -0.3 is 30.3 Å². The highest BCUT2D eigenvalue weighted by molar-refractivity contribution is 5.76. The first-order chi connectivity index (χ1) is 27.4. The summed E-state index contributed by atoms with van der Waals surface area (Å²) in [4.78, 5) is 25.6. The molecule has 0 heterocycles. The highest BCUT2D eigenvalue weighted by Crippen LogP contribution is 2.38. The molecule has 56 heavy (non-hydrogen) atoms. The predicted octanol–water partition coefficient (Wildman–Crippen LogP) is 7.95. The number of fused-ring (bicyclic) bond motifs is 8. The maximum absolute atomic E-state index is 12.8. The molecule has 8 heteroatoms. The highest BCUT2D eigenvalue weighted by Gasteiger charge is 2.20. The zero-order valence-electron chi connectivity index (χ0n) is 31.3. The number of carbonyl (C=O) groups is 2. The van der Waals surface area contributed by atoms with Crippen molar-refractivity contribution in [2.75, 3.05) is 13.2 Å². The van der Waals surface area contributed by atoms with Gasteiger partial charge in [-0.1, -0.05) is 133 Å². The second kappa shape index (κ2) is 18.2. The van der Waals surface area contributed by atoms with Gasteiger partial charge in [-0.25, -0.2) is 0 Å². The molecule has 8 bridgehead atoms. The Hall–Kier alpha value is -6.54. The van der Waals surface area contributed by atoms with Gasteiger partial charge in [0.25, 0.3) is 0 Å². The minimum absolute atomic E-state index is 0.115. The largest absolute Gasteiger partial charge is 0.507 e. The fraction of sp³-hybridized carbons (Fsp3) is 0.208. The number of carbonyl (C=O) groups excluding carboxylic acids is 2. The van der Waals surface area contributed by atoms with Gasteiger partial charge in [0.05, 0.1) is 26.1 Å². The molecule has 8 nitrogen and oxygen atoms in total. The maximum atomic E-state index is 12.8. The summed E-state index contributed by atoms with van der Waals surface area (Å²) in [5.74, 6) is 1.43. The van der Waals surface area contributed by atoms with E-state index in [2.05, 4.69) is 10.6 Å². The van der Waals surface area contributed by atoms with Crippen LogP contribution >= 0.6 is 0 Å². The number of hydrogen-bond donors (Lipinski definition) is 4. The van der Waals surface area contributed by atoms with Crippen LogP contribution in [0.2, 0.25) is 0 Å². The highest BCUT2D eigenvalue weighted by atomic mass is 16.5. The molecule has 0 spiro atoms. The molecule has 0 fully saturated rings. The molecule has 2 amide bonds. The summed E-state index contributed by atoms with van der Waals surface area (Å²) in [6.45, 7) is 1.20. The molecule has 4 N–H and O–H groups in total. The molecule has 0 radical (unpaired) electrons.